The second-order valence-electron chi connectivity index (χ2n) is 5.06. The molecule has 1 saturated heterocycles. The third-order valence-corrected chi connectivity index (χ3v) is 5.43. The zero-order valence-corrected chi connectivity index (χ0v) is 12.2. The lowest BCUT2D eigenvalue weighted by Gasteiger charge is -2.29. The van der Waals surface area contributed by atoms with Gasteiger partial charge in [-0.3, -0.25) is 4.79 Å². The summed E-state index contributed by atoms with van der Waals surface area (Å²) < 4.78 is 63.2. The van der Waals surface area contributed by atoms with Crippen molar-refractivity contribution in [1.82, 2.24) is 4.31 Å². The van der Waals surface area contributed by atoms with Gasteiger partial charge in [0.05, 0.1) is 16.4 Å². The predicted octanol–water partition coefficient (Wildman–Crippen LogP) is 2.19. The van der Waals surface area contributed by atoms with E-state index in [0.29, 0.717) is 25.0 Å². The molecule has 1 heterocycles. The van der Waals surface area contributed by atoms with E-state index in [1.54, 1.807) is 0 Å². The van der Waals surface area contributed by atoms with Crippen LogP contribution in [0.25, 0.3) is 0 Å². The Labute approximate surface area is 125 Å². The van der Waals surface area contributed by atoms with E-state index >= 15 is 0 Å². The molecule has 0 aromatic heterocycles. The number of piperidine rings is 1. The molecule has 5 nitrogen and oxygen atoms in total. The standard InChI is InChI=1S/C13H14F3NO4S/c14-13(15,16)10-3-5-11(6-4-10)22(20,21)17-7-1-2-9(8-17)12(18)19/h3-6,9H,1-2,7-8H2,(H,18,19)/t9-/m1/s1. The Kier molecular flexibility index (Phi) is 4.48. The first-order valence-corrected chi connectivity index (χ1v) is 7.96. The van der Waals surface area contributed by atoms with E-state index in [9.17, 15) is 26.4 Å². The second kappa shape index (κ2) is 5.88. The maximum atomic E-state index is 12.5. The molecular formula is C13H14F3NO4S. The van der Waals surface area contributed by atoms with Gasteiger partial charge in [0.25, 0.3) is 0 Å². The molecule has 1 aliphatic rings. The van der Waals surface area contributed by atoms with Gasteiger partial charge in [0.15, 0.2) is 0 Å². The molecule has 22 heavy (non-hydrogen) atoms. The van der Waals surface area contributed by atoms with Crippen LogP contribution in [0.4, 0.5) is 13.2 Å². The molecule has 0 bridgehead atoms. The van der Waals surface area contributed by atoms with Crippen LogP contribution >= 0.6 is 0 Å². The number of carboxylic acids is 1. The fourth-order valence-corrected chi connectivity index (χ4v) is 3.85. The number of alkyl halides is 3. The number of nitrogens with zero attached hydrogens (tertiary/aromatic N) is 1. The van der Waals surface area contributed by atoms with E-state index < -0.39 is 33.7 Å². The summed E-state index contributed by atoms with van der Waals surface area (Å²) in [5.74, 6) is -1.87. The first kappa shape index (κ1) is 16.8. The van der Waals surface area contributed by atoms with Crippen molar-refractivity contribution in [2.45, 2.75) is 23.9 Å². The lowest BCUT2D eigenvalue weighted by atomic mass is 10.0. The predicted molar refractivity (Wildman–Crippen MR) is 70.6 cm³/mol. The highest BCUT2D eigenvalue weighted by Crippen LogP contribution is 2.31. The highest BCUT2D eigenvalue weighted by molar-refractivity contribution is 7.89. The minimum absolute atomic E-state index is 0.160. The molecule has 1 aliphatic heterocycles. The number of sulfonamides is 1. The van der Waals surface area contributed by atoms with Gasteiger partial charge in [0, 0.05) is 13.1 Å². The molecule has 0 amide bonds. The molecule has 9 heteroatoms. The Morgan fingerprint density at radius 3 is 2.32 bits per heavy atom. The summed E-state index contributed by atoms with van der Waals surface area (Å²) in [5, 5.41) is 8.97. The largest absolute Gasteiger partial charge is 0.481 e. The van der Waals surface area contributed by atoms with Crippen molar-refractivity contribution in [3.8, 4) is 0 Å². The summed E-state index contributed by atoms with van der Waals surface area (Å²) in [6.07, 6.45) is -3.76. The SMILES string of the molecule is O=C(O)[C@@H]1CCCN(S(=O)(=O)c2ccc(C(F)(F)F)cc2)C1. The Hall–Kier alpha value is -1.61. The van der Waals surface area contributed by atoms with Crippen molar-refractivity contribution in [3.05, 3.63) is 29.8 Å². The van der Waals surface area contributed by atoms with Gasteiger partial charge in [-0.15, -0.1) is 0 Å². The summed E-state index contributed by atoms with van der Waals surface area (Å²) in [4.78, 5) is 10.7. The summed E-state index contributed by atoms with van der Waals surface area (Å²) in [6.45, 7) is -0.00811. The average molecular weight is 337 g/mol. The topological polar surface area (TPSA) is 74.7 Å². The van der Waals surface area contributed by atoms with Crippen molar-refractivity contribution < 1.29 is 31.5 Å². The van der Waals surface area contributed by atoms with Crippen LogP contribution < -0.4 is 0 Å². The van der Waals surface area contributed by atoms with E-state index in [0.717, 1.165) is 16.4 Å². The molecule has 1 aromatic carbocycles. The van der Waals surface area contributed by atoms with Crippen LogP contribution in [0.2, 0.25) is 0 Å². The molecule has 2 rings (SSSR count). The molecule has 0 radical (unpaired) electrons. The van der Waals surface area contributed by atoms with Crippen LogP contribution in [-0.4, -0.2) is 36.9 Å². The first-order valence-electron chi connectivity index (χ1n) is 6.52. The van der Waals surface area contributed by atoms with E-state index in [1.165, 1.54) is 0 Å². The second-order valence-corrected chi connectivity index (χ2v) is 7.00. The number of benzene rings is 1. The van der Waals surface area contributed by atoms with Crippen LogP contribution in [0.5, 0.6) is 0 Å². The van der Waals surface area contributed by atoms with E-state index in [-0.39, 0.29) is 18.0 Å². The number of halogens is 3. The molecule has 1 atom stereocenters. The number of aliphatic carboxylic acids is 1. The molecule has 0 aliphatic carbocycles. The quantitative estimate of drug-likeness (QED) is 0.917. The Morgan fingerprint density at radius 2 is 1.82 bits per heavy atom. The number of hydrogen-bond donors (Lipinski definition) is 1. The highest BCUT2D eigenvalue weighted by Gasteiger charge is 2.34. The lowest BCUT2D eigenvalue weighted by Crippen LogP contribution is -2.42. The smallest absolute Gasteiger partial charge is 0.416 e. The summed E-state index contributed by atoms with van der Waals surface area (Å²) in [6, 6.07) is 3.18. The fourth-order valence-electron chi connectivity index (χ4n) is 2.33. The average Bonchev–Trinajstić information content (AvgIpc) is 2.46. The Bertz CT molecular complexity index is 655. The van der Waals surface area contributed by atoms with Crippen LogP contribution in [0, 0.1) is 5.92 Å². The third kappa shape index (κ3) is 3.41. The number of rotatable bonds is 3. The molecular weight excluding hydrogens is 323 g/mol. The van der Waals surface area contributed by atoms with Crippen LogP contribution in [0.1, 0.15) is 18.4 Å². The van der Waals surface area contributed by atoms with E-state index in [1.807, 2.05) is 0 Å². The zero-order valence-electron chi connectivity index (χ0n) is 11.4. The summed E-state index contributed by atoms with van der Waals surface area (Å²) in [7, 11) is -3.99. The molecule has 122 valence electrons. The van der Waals surface area contributed by atoms with Crippen LogP contribution in [0.15, 0.2) is 29.2 Å². The normalized spacial score (nSPS) is 20.8. The monoisotopic (exact) mass is 337 g/mol. The van der Waals surface area contributed by atoms with E-state index in [4.69, 9.17) is 5.11 Å². The van der Waals surface area contributed by atoms with Gasteiger partial charge < -0.3 is 5.11 Å². The zero-order chi connectivity index (χ0) is 16.5. The lowest BCUT2D eigenvalue weighted by molar-refractivity contribution is -0.143. The van der Waals surface area contributed by atoms with Gasteiger partial charge in [-0.1, -0.05) is 0 Å². The maximum absolute atomic E-state index is 12.5. The van der Waals surface area contributed by atoms with Crippen LogP contribution in [-0.2, 0) is 21.0 Å². The molecule has 1 fully saturated rings. The van der Waals surface area contributed by atoms with Crippen LogP contribution in [0.3, 0.4) is 0 Å². The van der Waals surface area contributed by atoms with Crippen molar-refractivity contribution in [2.75, 3.05) is 13.1 Å². The van der Waals surface area contributed by atoms with E-state index in [2.05, 4.69) is 0 Å². The van der Waals surface area contributed by atoms with Gasteiger partial charge in [0.1, 0.15) is 0 Å². The maximum Gasteiger partial charge on any atom is 0.416 e. The summed E-state index contributed by atoms with van der Waals surface area (Å²) in [5.41, 5.74) is -0.937. The number of carboxylic acid groups (broad SMARTS) is 1. The fraction of sp³-hybridized carbons (Fsp3) is 0.462. The van der Waals surface area contributed by atoms with Gasteiger partial charge in [-0.25, -0.2) is 8.42 Å². The Morgan fingerprint density at radius 1 is 1.23 bits per heavy atom. The van der Waals surface area contributed by atoms with Gasteiger partial charge in [0.2, 0.25) is 10.0 Å². The van der Waals surface area contributed by atoms with Crippen molar-refractivity contribution in [1.29, 1.82) is 0 Å². The third-order valence-electron chi connectivity index (χ3n) is 3.55. The van der Waals surface area contributed by atoms with Crippen molar-refractivity contribution in [3.63, 3.8) is 0 Å². The van der Waals surface area contributed by atoms with Gasteiger partial charge in [-0.05, 0) is 37.1 Å². The van der Waals surface area contributed by atoms with Crippen molar-refractivity contribution in [2.24, 2.45) is 5.92 Å². The minimum Gasteiger partial charge on any atom is -0.481 e. The molecule has 1 N–H and O–H groups in total. The molecule has 0 saturated carbocycles. The summed E-state index contributed by atoms with van der Waals surface area (Å²) >= 11 is 0. The first-order chi connectivity index (χ1) is 10.1. The van der Waals surface area contributed by atoms with Gasteiger partial charge in [-0.2, -0.15) is 17.5 Å². The highest BCUT2D eigenvalue weighted by atomic mass is 32.2. The molecule has 0 spiro atoms. The molecule has 0 unspecified atom stereocenters. The Balaban J connectivity index is 2.25. The number of hydrogen-bond acceptors (Lipinski definition) is 3. The number of carbonyl (C=O) groups is 1. The van der Waals surface area contributed by atoms with Gasteiger partial charge >= 0.3 is 12.1 Å². The molecule has 1 aromatic rings. The van der Waals surface area contributed by atoms with Crippen molar-refractivity contribution >= 4 is 16.0 Å². The minimum atomic E-state index is -4.54.